The normalized spacial score (nSPS) is 14.5. The lowest BCUT2D eigenvalue weighted by atomic mass is 10.2. The smallest absolute Gasteiger partial charge is 0.0929 e. The van der Waals surface area contributed by atoms with E-state index in [1.807, 2.05) is 32.0 Å². The highest BCUT2D eigenvalue weighted by Gasteiger charge is 2.08. The van der Waals surface area contributed by atoms with Crippen molar-refractivity contribution in [3.05, 3.63) is 30.1 Å². The molecule has 0 saturated carbocycles. The molecule has 0 fully saturated rings. The summed E-state index contributed by atoms with van der Waals surface area (Å²) < 4.78 is 0. The lowest BCUT2D eigenvalue weighted by molar-refractivity contribution is 0.532. The van der Waals surface area contributed by atoms with Gasteiger partial charge in [-0.3, -0.25) is 10.3 Å². The molecule has 0 aliphatic rings. The fourth-order valence-electron chi connectivity index (χ4n) is 1.13. The number of aromatic nitrogens is 1. The van der Waals surface area contributed by atoms with Crippen molar-refractivity contribution in [1.29, 1.82) is 5.26 Å². The van der Waals surface area contributed by atoms with Crippen molar-refractivity contribution >= 4 is 0 Å². The van der Waals surface area contributed by atoms with E-state index in [0.717, 1.165) is 5.69 Å². The van der Waals surface area contributed by atoms with Crippen LogP contribution >= 0.6 is 0 Å². The van der Waals surface area contributed by atoms with E-state index in [-0.39, 0.29) is 12.1 Å². The third-order valence-corrected chi connectivity index (χ3v) is 1.83. The van der Waals surface area contributed by atoms with Gasteiger partial charge in [-0.15, -0.1) is 0 Å². The van der Waals surface area contributed by atoms with E-state index < -0.39 is 0 Å². The molecule has 1 rings (SSSR count). The first-order chi connectivity index (χ1) is 6.24. The molecule has 0 spiro atoms. The van der Waals surface area contributed by atoms with E-state index >= 15 is 0 Å². The average Bonchev–Trinajstić information content (AvgIpc) is 2.19. The largest absolute Gasteiger partial charge is 0.294 e. The molecule has 0 aliphatic carbocycles. The second kappa shape index (κ2) is 4.58. The molecule has 0 aromatic carbocycles. The zero-order valence-corrected chi connectivity index (χ0v) is 7.86. The molecule has 0 amide bonds. The molecular formula is C10H13N3. The van der Waals surface area contributed by atoms with Crippen LogP contribution < -0.4 is 5.32 Å². The van der Waals surface area contributed by atoms with Gasteiger partial charge in [0.05, 0.1) is 17.8 Å². The molecule has 2 unspecified atom stereocenters. The Hall–Kier alpha value is -1.40. The van der Waals surface area contributed by atoms with Gasteiger partial charge >= 0.3 is 0 Å². The Balaban J connectivity index is 2.60. The van der Waals surface area contributed by atoms with E-state index in [2.05, 4.69) is 16.4 Å². The molecule has 13 heavy (non-hydrogen) atoms. The van der Waals surface area contributed by atoms with E-state index in [1.54, 1.807) is 6.20 Å². The fourth-order valence-corrected chi connectivity index (χ4v) is 1.13. The van der Waals surface area contributed by atoms with Crippen LogP contribution in [0.15, 0.2) is 24.4 Å². The summed E-state index contributed by atoms with van der Waals surface area (Å²) in [5.41, 5.74) is 0.963. The van der Waals surface area contributed by atoms with Crippen molar-refractivity contribution in [2.24, 2.45) is 0 Å². The van der Waals surface area contributed by atoms with E-state index in [4.69, 9.17) is 5.26 Å². The first-order valence-corrected chi connectivity index (χ1v) is 4.30. The molecule has 1 heterocycles. The van der Waals surface area contributed by atoms with Gasteiger partial charge in [0.15, 0.2) is 0 Å². The summed E-state index contributed by atoms with van der Waals surface area (Å²) in [7, 11) is 0. The number of rotatable bonds is 3. The average molecular weight is 175 g/mol. The van der Waals surface area contributed by atoms with Crippen molar-refractivity contribution in [3.63, 3.8) is 0 Å². The predicted octanol–water partition coefficient (Wildman–Crippen LogP) is 1.64. The summed E-state index contributed by atoms with van der Waals surface area (Å²) in [4.78, 5) is 4.19. The van der Waals surface area contributed by atoms with Crippen LogP contribution in [0.2, 0.25) is 0 Å². The number of nitrogens with zero attached hydrogens (tertiary/aromatic N) is 2. The van der Waals surface area contributed by atoms with Gasteiger partial charge in [-0.2, -0.15) is 5.26 Å². The van der Waals surface area contributed by atoms with Gasteiger partial charge < -0.3 is 0 Å². The Labute approximate surface area is 78.4 Å². The van der Waals surface area contributed by atoms with Crippen LogP contribution in [0.4, 0.5) is 0 Å². The topological polar surface area (TPSA) is 48.7 Å². The Bertz CT molecular complexity index is 289. The van der Waals surface area contributed by atoms with Crippen LogP contribution in [0, 0.1) is 11.3 Å². The van der Waals surface area contributed by atoms with Crippen molar-refractivity contribution in [2.45, 2.75) is 25.9 Å². The van der Waals surface area contributed by atoms with Crippen molar-refractivity contribution in [2.75, 3.05) is 0 Å². The maximum absolute atomic E-state index is 8.60. The quantitative estimate of drug-likeness (QED) is 0.759. The van der Waals surface area contributed by atoms with Gasteiger partial charge in [-0.1, -0.05) is 6.07 Å². The first kappa shape index (κ1) is 9.69. The molecule has 0 saturated heterocycles. The molecule has 2 atom stereocenters. The van der Waals surface area contributed by atoms with Gasteiger partial charge in [-0.25, -0.2) is 0 Å². The standard InChI is InChI=1S/C10H13N3/c1-8(7-11)13-9(2)10-5-3-4-6-12-10/h3-6,8-9,13H,1-2H3. The number of nitriles is 1. The summed E-state index contributed by atoms with van der Waals surface area (Å²) in [5, 5.41) is 11.7. The van der Waals surface area contributed by atoms with Gasteiger partial charge in [-0.05, 0) is 26.0 Å². The maximum atomic E-state index is 8.60. The highest BCUT2D eigenvalue weighted by Crippen LogP contribution is 2.08. The molecule has 0 aliphatic heterocycles. The van der Waals surface area contributed by atoms with Crippen LogP contribution in [-0.2, 0) is 0 Å². The zero-order valence-electron chi connectivity index (χ0n) is 7.86. The number of hydrogen-bond acceptors (Lipinski definition) is 3. The monoisotopic (exact) mass is 175 g/mol. The zero-order chi connectivity index (χ0) is 9.68. The summed E-state index contributed by atoms with van der Waals surface area (Å²) in [6.07, 6.45) is 1.75. The number of pyridine rings is 1. The SMILES string of the molecule is CC(C#N)NC(C)c1ccccn1. The Morgan fingerprint density at radius 1 is 1.46 bits per heavy atom. The lowest BCUT2D eigenvalue weighted by Crippen LogP contribution is -2.27. The summed E-state index contributed by atoms with van der Waals surface area (Å²) in [5.74, 6) is 0. The van der Waals surface area contributed by atoms with Crippen molar-refractivity contribution in [1.82, 2.24) is 10.3 Å². The molecule has 3 heteroatoms. The summed E-state index contributed by atoms with van der Waals surface area (Å²) >= 11 is 0. The maximum Gasteiger partial charge on any atom is 0.0929 e. The van der Waals surface area contributed by atoms with E-state index in [9.17, 15) is 0 Å². The Kier molecular flexibility index (Phi) is 3.41. The van der Waals surface area contributed by atoms with Crippen molar-refractivity contribution in [3.8, 4) is 6.07 Å². The predicted molar refractivity (Wildman–Crippen MR) is 50.9 cm³/mol. The number of hydrogen-bond donors (Lipinski definition) is 1. The van der Waals surface area contributed by atoms with Gasteiger partial charge in [0.2, 0.25) is 0 Å². The Morgan fingerprint density at radius 2 is 2.23 bits per heavy atom. The second-order valence-corrected chi connectivity index (χ2v) is 2.99. The Morgan fingerprint density at radius 3 is 2.77 bits per heavy atom. The van der Waals surface area contributed by atoms with Crippen LogP contribution in [-0.4, -0.2) is 11.0 Å². The van der Waals surface area contributed by atoms with Crippen LogP contribution in [0.5, 0.6) is 0 Å². The molecule has 68 valence electrons. The van der Waals surface area contributed by atoms with Crippen LogP contribution in [0.1, 0.15) is 25.6 Å². The van der Waals surface area contributed by atoms with Gasteiger partial charge in [0, 0.05) is 12.2 Å². The van der Waals surface area contributed by atoms with Gasteiger partial charge in [0.25, 0.3) is 0 Å². The number of nitrogens with one attached hydrogen (secondary N) is 1. The molecule has 1 N–H and O–H groups in total. The minimum absolute atomic E-state index is 0.121. The highest BCUT2D eigenvalue weighted by atomic mass is 15.0. The summed E-state index contributed by atoms with van der Waals surface area (Å²) in [6, 6.07) is 7.87. The lowest BCUT2D eigenvalue weighted by Gasteiger charge is -2.14. The first-order valence-electron chi connectivity index (χ1n) is 4.30. The highest BCUT2D eigenvalue weighted by molar-refractivity contribution is 5.08. The van der Waals surface area contributed by atoms with E-state index in [1.165, 1.54) is 0 Å². The summed E-state index contributed by atoms with van der Waals surface area (Å²) in [6.45, 7) is 3.83. The molecular weight excluding hydrogens is 162 g/mol. The van der Waals surface area contributed by atoms with Gasteiger partial charge in [0.1, 0.15) is 0 Å². The van der Waals surface area contributed by atoms with Crippen LogP contribution in [0.3, 0.4) is 0 Å². The molecule has 0 bridgehead atoms. The minimum Gasteiger partial charge on any atom is -0.294 e. The molecule has 1 aromatic heterocycles. The molecule has 0 radical (unpaired) electrons. The molecule has 3 nitrogen and oxygen atoms in total. The second-order valence-electron chi connectivity index (χ2n) is 2.99. The van der Waals surface area contributed by atoms with Crippen LogP contribution in [0.25, 0.3) is 0 Å². The van der Waals surface area contributed by atoms with E-state index in [0.29, 0.717) is 0 Å². The third kappa shape index (κ3) is 2.85. The third-order valence-electron chi connectivity index (χ3n) is 1.83. The molecule has 1 aromatic rings. The van der Waals surface area contributed by atoms with Crippen molar-refractivity contribution < 1.29 is 0 Å². The fraction of sp³-hybridized carbons (Fsp3) is 0.400. The minimum atomic E-state index is -0.142.